The van der Waals surface area contributed by atoms with Crippen LogP contribution in [-0.4, -0.2) is 33.0 Å². The molecule has 0 fully saturated rings. The minimum atomic E-state index is -1.11. The lowest BCUT2D eigenvalue weighted by Gasteiger charge is -2.34. The number of carbonyl (C=O) groups is 2. The van der Waals surface area contributed by atoms with E-state index in [1.807, 2.05) is 42.5 Å². The number of carbonyl (C=O) groups excluding carboxylic acids is 1. The number of nitrogens with zero attached hydrogens (tertiary/aromatic N) is 2. The fraction of sp³-hybridized carbons (Fsp3) is 0.174. The van der Waals surface area contributed by atoms with Crippen LogP contribution in [-0.2, 0) is 17.8 Å². The van der Waals surface area contributed by atoms with Crippen LogP contribution >= 0.6 is 0 Å². The van der Waals surface area contributed by atoms with Crippen LogP contribution in [0.3, 0.4) is 0 Å². The van der Waals surface area contributed by atoms with Crippen LogP contribution < -0.4 is 5.56 Å². The number of hydrogen-bond donors (Lipinski definition) is 1. The number of carboxylic acid groups (broad SMARTS) is 1. The van der Waals surface area contributed by atoms with E-state index in [-0.39, 0.29) is 12.1 Å². The molecular formula is C23H20N2O4. The molecule has 0 bridgehead atoms. The highest BCUT2D eigenvalue weighted by Crippen LogP contribution is 2.30. The van der Waals surface area contributed by atoms with Crippen LogP contribution in [0.2, 0.25) is 0 Å². The zero-order valence-corrected chi connectivity index (χ0v) is 15.7. The van der Waals surface area contributed by atoms with Gasteiger partial charge in [0.2, 0.25) is 0 Å². The molecule has 1 aromatic heterocycles. The van der Waals surface area contributed by atoms with E-state index >= 15 is 0 Å². The molecule has 1 amide bonds. The van der Waals surface area contributed by atoms with Crippen molar-refractivity contribution in [3.8, 4) is 0 Å². The van der Waals surface area contributed by atoms with E-state index < -0.39 is 23.5 Å². The molecule has 1 atom stereocenters. The first-order valence-electron chi connectivity index (χ1n) is 9.41. The number of aliphatic carboxylic acids is 1. The van der Waals surface area contributed by atoms with Crippen LogP contribution in [0.15, 0.2) is 77.7 Å². The second kappa shape index (κ2) is 7.75. The van der Waals surface area contributed by atoms with Crippen molar-refractivity contribution in [2.75, 3.05) is 6.54 Å². The van der Waals surface area contributed by atoms with Crippen molar-refractivity contribution < 1.29 is 14.7 Å². The third kappa shape index (κ3) is 3.57. The summed E-state index contributed by atoms with van der Waals surface area (Å²) in [5.74, 6) is -1.66. The van der Waals surface area contributed by atoms with Gasteiger partial charge >= 0.3 is 5.97 Å². The Hall–Kier alpha value is -3.67. The number of hydrogen-bond acceptors (Lipinski definition) is 3. The number of fused-ring (bicyclic) bond motifs is 1. The van der Waals surface area contributed by atoms with Crippen LogP contribution in [0.25, 0.3) is 0 Å². The molecule has 6 heteroatoms. The number of carboxylic acids is 1. The molecule has 0 saturated carbocycles. The molecule has 0 spiro atoms. The largest absolute Gasteiger partial charge is 0.479 e. The van der Waals surface area contributed by atoms with Crippen molar-refractivity contribution in [3.05, 3.63) is 106 Å². The van der Waals surface area contributed by atoms with Crippen molar-refractivity contribution in [2.45, 2.75) is 19.0 Å². The summed E-state index contributed by atoms with van der Waals surface area (Å²) in [6, 6.07) is 18.7. The van der Waals surface area contributed by atoms with Gasteiger partial charge in [0.05, 0.1) is 6.54 Å². The van der Waals surface area contributed by atoms with Gasteiger partial charge in [-0.15, -0.1) is 0 Å². The molecule has 2 aromatic carbocycles. The zero-order valence-electron chi connectivity index (χ0n) is 15.7. The van der Waals surface area contributed by atoms with E-state index in [0.717, 1.165) is 11.1 Å². The van der Waals surface area contributed by atoms with E-state index in [1.54, 1.807) is 24.4 Å². The minimum absolute atomic E-state index is 0.0194. The van der Waals surface area contributed by atoms with Gasteiger partial charge in [-0.05, 0) is 35.2 Å². The number of benzene rings is 2. The molecule has 0 radical (unpaired) electrons. The number of rotatable bonds is 4. The molecule has 1 unspecified atom stereocenters. The third-order valence-corrected chi connectivity index (χ3v) is 5.22. The van der Waals surface area contributed by atoms with Crippen molar-refractivity contribution in [1.82, 2.24) is 9.47 Å². The molecule has 29 heavy (non-hydrogen) atoms. The van der Waals surface area contributed by atoms with Gasteiger partial charge in [0.1, 0.15) is 5.56 Å². The standard InChI is InChI=1S/C23H20N2O4/c26-21-19(11-6-13-24(21)15-16-7-2-1-3-8-16)22(27)25-14-12-17-9-4-5-10-18(17)20(25)23(28)29/h1-11,13,20H,12,14-15H2,(H,28,29). The lowest BCUT2D eigenvalue weighted by molar-refractivity contribution is -0.143. The van der Waals surface area contributed by atoms with Gasteiger partial charge in [0.15, 0.2) is 6.04 Å². The maximum Gasteiger partial charge on any atom is 0.331 e. The van der Waals surface area contributed by atoms with Gasteiger partial charge in [-0.2, -0.15) is 0 Å². The molecule has 2 heterocycles. The monoisotopic (exact) mass is 388 g/mol. The van der Waals surface area contributed by atoms with Crippen molar-refractivity contribution in [1.29, 1.82) is 0 Å². The lowest BCUT2D eigenvalue weighted by atomic mass is 9.92. The van der Waals surface area contributed by atoms with Gasteiger partial charge in [-0.1, -0.05) is 54.6 Å². The molecular weight excluding hydrogens is 368 g/mol. The van der Waals surface area contributed by atoms with Gasteiger partial charge in [-0.3, -0.25) is 9.59 Å². The SMILES string of the molecule is O=C(O)C1c2ccccc2CCN1C(=O)c1cccn(Cc2ccccc2)c1=O. The molecule has 4 rings (SSSR count). The molecule has 146 valence electrons. The first-order chi connectivity index (χ1) is 14.1. The maximum atomic E-state index is 13.2. The Morgan fingerprint density at radius 1 is 0.966 bits per heavy atom. The second-order valence-electron chi connectivity index (χ2n) is 7.03. The van der Waals surface area contributed by atoms with Gasteiger partial charge < -0.3 is 14.6 Å². The Bertz CT molecular complexity index is 1120. The molecule has 0 saturated heterocycles. The highest BCUT2D eigenvalue weighted by atomic mass is 16.4. The van der Waals surface area contributed by atoms with E-state index in [9.17, 15) is 19.5 Å². The zero-order chi connectivity index (χ0) is 20.4. The Kier molecular flexibility index (Phi) is 4.99. The van der Waals surface area contributed by atoms with E-state index in [4.69, 9.17) is 0 Å². The number of aromatic nitrogens is 1. The predicted molar refractivity (Wildman–Crippen MR) is 108 cm³/mol. The first-order valence-corrected chi connectivity index (χ1v) is 9.41. The first kappa shape index (κ1) is 18.7. The molecule has 6 nitrogen and oxygen atoms in total. The van der Waals surface area contributed by atoms with Gasteiger partial charge in [0, 0.05) is 12.7 Å². The molecule has 1 aliphatic rings. The topological polar surface area (TPSA) is 79.6 Å². The van der Waals surface area contributed by atoms with Crippen molar-refractivity contribution in [2.24, 2.45) is 0 Å². The van der Waals surface area contributed by atoms with E-state index in [1.165, 1.54) is 15.5 Å². The van der Waals surface area contributed by atoms with E-state index in [2.05, 4.69) is 0 Å². The molecule has 3 aromatic rings. The molecule has 0 aliphatic carbocycles. The summed E-state index contributed by atoms with van der Waals surface area (Å²) >= 11 is 0. The van der Waals surface area contributed by atoms with Crippen LogP contribution in [0.4, 0.5) is 0 Å². The van der Waals surface area contributed by atoms with E-state index in [0.29, 0.717) is 18.5 Å². The Balaban J connectivity index is 1.69. The smallest absolute Gasteiger partial charge is 0.331 e. The van der Waals surface area contributed by atoms with Crippen molar-refractivity contribution in [3.63, 3.8) is 0 Å². The summed E-state index contributed by atoms with van der Waals surface area (Å²) < 4.78 is 1.47. The van der Waals surface area contributed by atoms with Gasteiger partial charge in [0.25, 0.3) is 11.5 Å². The average Bonchev–Trinajstić information content (AvgIpc) is 2.74. The summed E-state index contributed by atoms with van der Waals surface area (Å²) in [7, 11) is 0. The Morgan fingerprint density at radius 2 is 1.69 bits per heavy atom. The van der Waals surface area contributed by atoms with Crippen LogP contribution in [0, 0.1) is 0 Å². The summed E-state index contributed by atoms with van der Waals surface area (Å²) in [6.07, 6.45) is 2.18. The summed E-state index contributed by atoms with van der Waals surface area (Å²) in [4.78, 5) is 39.4. The Morgan fingerprint density at radius 3 is 2.45 bits per heavy atom. The summed E-state index contributed by atoms with van der Waals surface area (Å²) in [5, 5.41) is 9.79. The fourth-order valence-corrected chi connectivity index (χ4v) is 3.81. The highest BCUT2D eigenvalue weighted by molar-refractivity contribution is 5.97. The molecule has 1 N–H and O–H groups in total. The summed E-state index contributed by atoms with van der Waals surface area (Å²) in [5.41, 5.74) is 2.01. The minimum Gasteiger partial charge on any atom is -0.479 e. The van der Waals surface area contributed by atoms with Crippen molar-refractivity contribution >= 4 is 11.9 Å². The van der Waals surface area contributed by atoms with Gasteiger partial charge in [-0.25, -0.2) is 4.79 Å². The highest BCUT2D eigenvalue weighted by Gasteiger charge is 2.36. The Labute approximate surface area is 167 Å². The third-order valence-electron chi connectivity index (χ3n) is 5.22. The van der Waals surface area contributed by atoms with Crippen LogP contribution in [0.1, 0.15) is 33.1 Å². The number of pyridine rings is 1. The quantitative estimate of drug-likeness (QED) is 0.745. The van der Waals surface area contributed by atoms with Crippen LogP contribution in [0.5, 0.6) is 0 Å². The molecule has 1 aliphatic heterocycles. The summed E-state index contributed by atoms with van der Waals surface area (Å²) in [6.45, 7) is 0.589. The lowest BCUT2D eigenvalue weighted by Crippen LogP contribution is -2.45. The second-order valence-corrected chi connectivity index (χ2v) is 7.03. The fourth-order valence-electron chi connectivity index (χ4n) is 3.81. The maximum absolute atomic E-state index is 13.2. The predicted octanol–water partition coefficient (Wildman–Crippen LogP) is 2.72. The number of amides is 1. The average molecular weight is 388 g/mol. The normalized spacial score (nSPS) is 15.6.